The van der Waals surface area contributed by atoms with Crippen LogP contribution in [0, 0.1) is 0 Å². The van der Waals surface area contributed by atoms with Crippen molar-refractivity contribution in [3.63, 3.8) is 0 Å². The van der Waals surface area contributed by atoms with E-state index in [1.165, 1.54) is 0 Å². The van der Waals surface area contributed by atoms with Crippen LogP contribution in [0.3, 0.4) is 0 Å². The van der Waals surface area contributed by atoms with Gasteiger partial charge in [0.25, 0.3) is 0 Å². The Bertz CT molecular complexity index is 357. The Morgan fingerprint density at radius 1 is 1.13 bits per heavy atom. The fourth-order valence-corrected chi connectivity index (χ4v) is 1.25. The lowest BCUT2D eigenvalue weighted by molar-refractivity contribution is 0.115. The van der Waals surface area contributed by atoms with Crippen molar-refractivity contribution in [1.82, 2.24) is 0 Å². The van der Waals surface area contributed by atoms with E-state index >= 15 is 0 Å². The van der Waals surface area contributed by atoms with E-state index in [1.54, 1.807) is 0 Å². The number of phenols is 3. The lowest BCUT2D eigenvalue weighted by Gasteiger charge is -2.16. The van der Waals surface area contributed by atoms with Crippen LogP contribution in [0.15, 0.2) is 12.1 Å². The molecule has 6 heteroatoms. The quantitative estimate of drug-likeness (QED) is 0.573. The molecule has 0 aliphatic heterocycles. The zero-order valence-corrected chi connectivity index (χ0v) is 7.69. The van der Waals surface area contributed by atoms with Crippen LogP contribution in [-0.2, 0) is 0 Å². The Morgan fingerprint density at radius 2 is 1.73 bits per heavy atom. The van der Waals surface area contributed by atoms with E-state index in [9.17, 15) is 13.9 Å². The van der Waals surface area contributed by atoms with Gasteiger partial charge in [-0.3, -0.25) is 0 Å². The molecule has 0 aliphatic carbocycles. The molecule has 4 nitrogen and oxygen atoms in total. The van der Waals surface area contributed by atoms with Gasteiger partial charge in [0, 0.05) is 12.1 Å². The molecule has 0 saturated carbocycles. The van der Waals surface area contributed by atoms with Crippen molar-refractivity contribution < 1.29 is 24.1 Å². The average molecular weight is 219 g/mol. The highest BCUT2D eigenvalue weighted by molar-refractivity contribution is 5.54. The summed E-state index contributed by atoms with van der Waals surface area (Å²) in [5.41, 5.74) is 4.95. The molecule has 84 valence electrons. The van der Waals surface area contributed by atoms with Gasteiger partial charge in [-0.1, -0.05) is 6.07 Å². The first kappa shape index (κ1) is 11.5. The van der Waals surface area contributed by atoms with Crippen molar-refractivity contribution in [2.45, 2.75) is 12.3 Å². The summed E-state index contributed by atoms with van der Waals surface area (Å²) in [6.07, 6.45) is -2.75. The van der Waals surface area contributed by atoms with Crippen molar-refractivity contribution in [2.75, 3.05) is 6.54 Å². The van der Waals surface area contributed by atoms with Crippen molar-refractivity contribution in [2.24, 2.45) is 5.73 Å². The molecule has 0 saturated heterocycles. The summed E-state index contributed by atoms with van der Waals surface area (Å²) in [7, 11) is 0. The number of rotatable bonds is 3. The van der Waals surface area contributed by atoms with Gasteiger partial charge in [0.15, 0.2) is 11.5 Å². The standard InChI is InChI=1S/C9H11F2NO3/c10-9(11)5(3-12)4-1-2-6(13)8(15)7(4)14/h1-2,5,9,13-15H,3,12H2. The van der Waals surface area contributed by atoms with Gasteiger partial charge in [0.05, 0.1) is 5.92 Å². The molecule has 0 spiro atoms. The van der Waals surface area contributed by atoms with Gasteiger partial charge in [0.1, 0.15) is 0 Å². The fraction of sp³-hybridized carbons (Fsp3) is 0.333. The van der Waals surface area contributed by atoms with E-state index in [4.69, 9.17) is 15.9 Å². The van der Waals surface area contributed by atoms with E-state index < -0.39 is 29.6 Å². The molecule has 1 aromatic carbocycles. The van der Waals surface area contributed by atoms with Crippen LogP contribution in [0.4, 0.5) is 8.78 Å². The Labute approximate surface area is 84.6 Å². The summed E-state index contributed by atoms with van der Waals surface area (Å²) in [5.74, 6) is -3.50. The summed E-state index contributed by atoms with van der Waals surface area (Å²) in [4.78, 5) is 0. The Hall–Kier alpha value is -1.56. The normalized spacial score (nSPS) is 13.1. The van der Waals surface area contributed by atoms with Crippen LogP contribution in [0.25, 0.3) is 0 Å². The van der Waals surface area contributed by atoms with Gasteiger partial charge < -0.3 is 21.1 Å². The zero-order valence-electron chi connectivity index (χ0n) is 7.69. The van der Waals surface area contributed by atoms with E-state index in [2.05, 4.69) is 0 Å². The highest BCUT2D eigenvalue weighted by atomic mass is 19.3. The fourth-order valence-electron chi connectivity index (χ4n) is 1.25. The Kier molecular flexibility index (Phi) is 3.31. The van der Waals surface area contributed by atoms with Gasteiger partial charge in [-0.15, -0.1) is 0 Å². The summed E-state index contributed by atoms with van der Waals surface area (Å²) >= 11 is 0. The first-order valence-electron chi connectivity index (χ1n) is 4.21. The van der Waals surface area contributed by atoms with Crippen LogP contribution < -0.4 is 5.73 Å². The van der Waals surface area contributed by atoms with Crippen molar-refractivity contribution in [3.8, 4) is 17.2 Å². The first-order valence-corrected chi connectivity index (χ1v) is 4.21. The largest absolute Gasteiger partial charge is 0.504 e. The van der Waals surface area contributed by atoms with Gasteiger partial charge in [-0.25, -0.2) is 8.78 Å². The highest BCUT2D eigenvalue weighted by Crippen LogP contribution is 2.41. The van der Waals surface area contributed by atoms with E-state index in [0.717, 1.165) is 12.1 Å². The second kappa shape index (κ2) is 4.31. The molecule has 1 atom stereocenters. The summed E-state index contributed by atoms with van der Waals surface area (Å²) in [5, 5.41) is 27.4. The third-order valence-corrected chi connectivity index (χ3v) is 2.12. The molecule has 5 N–H and O–H groups in total. The second-order valence-corrected chi connectivity index (χ2v) is 3.05. The Morgan fingerprint density at radius 3 is 2.20 bits per heavy atom. The molecular formula is C9H11F2NO3. The zero-order chi connectivity index (χ0) is 11.6. The SMILES string of the molecule is NCC(c1ccc(O)c(O)c1O)C(F)F. The minimum Gasteiger partial charge on any atom is -0.504 e. The number of halogens is 2. The lowest BCUT2D eigenvalue weighted by atomic mass is 9.98. The van der Waals surface area contributed by atoms with Gasteiger partial charge >= 0.3 is 0 Å². The molecule has 0 bridgehead atoms. The summed E-state index contributed by atoms with van der Waals surface area (Å²) in [6, 6.07) is 2.13. The molecule has 0 radical (unpaired) electrons. The van der Waals surface area contributed by atoms with Crippen LogP contribution in [0.1, 0.15) is 11.5 Å². The maximum Gasteiger partial charge on any atom is 0.246 e. The van der Waals surface area contributed by atoms with Crippen LogP contribution in [0.5, 0.6) is 17.2 Å². The van der Waals surface area contributed by atoms with Crippen molar-refractivity contribution in [1.29, 1.82) is 0 Å². The van der Waals surface area contributed by atoms with E-state index in [1.807, 2.05) is 0 Å². The minimum absolute atomic E-state index is 0.178. The number of benzene rings is 1. The first-order chi connectivity index (χ1) is 6.99. The molecule has 0 fully saturated rings. The predicted molar refractivity (Wildman–Crippen MR) is 49.2 cm³/mol. The predicted octanol–water partition coefficient (Wildman–Crippen LogP) is 1.11. The minimum atomic E-state index is -2.75. The van der Waals surface area contributed by atoms with Crippen molar-refractivity contribution in [3.05, 3.63) is 17.7 Å². The van der Waals surface area contributed by atoms with E-state index in [-0.39, 0.29) is 12.1 Å². The number of nitrogens with two attached hydrogens (primary N) is 1. The van der Waals surface area contributed by atoms with Gasteiger partial charge in [-0.05, 0) is 6.07 Å². The van der Waals surface area contributed by atoms with Gasteiger partial charge in [-0.2, -0.15) is 0 Å². The summed E-state index contributed by atoms with van der Waals surface area (Å²) in [6.45, 7) is -0.366. The monoisotopic (exact) mass is 219 g/mol. The van der Waals surface area contributed by atoms with E-state index in [0.29, 0.717) is 0 Å². The maximum atomic E-state index is 12.5. The third-order valence-electron chi connectivity index (χ3n) is 2.12. The van der Waals surface area contributed by atoms with Gasteiger partial charge in [0.2, 0.25) is 12.2 Å². The topological polar surface area (TPSA) is 86.7 Å². The maximum absolute atomic E-state index is 12.5. The number of hydrogen-bond donors (Lipinski definition) is 4. The van der Waals surface area contributed by atoms with Crippen LogP contribution in [-0.4, -0.2) is 28.3 Å². The summed E-state index contributed by atoms with van der Waals surface area (Å²) < 4.78 is 24.9. The highest BCUT2D eigenvalue weighted by Gasteiger charge is 2.25. The molecule has 1 unspecified atom stereocenters. The molecule has 15 heavy (non-hydrogen) atoms. The molecule has 0 aliphatic rings. The molecule has 0 aromatic heterocycles. The number of phenolic OH excluding ortho intramolecular Hbond substituents is 3. The number of alkyl halides is 2. The number of aromatic hydroxyl groups is 3. The van der Waals surface area contributed by atoms with Crippen LogP contribution in [0.2, 0.25) is 0 Å². The molecular weight excluding hydrogens is 208 g/mol. The van der Waals surface area contributed by atoms with Crippen LogP contribution >= 0.6 is 0 Å². The smallest absolute Gasteiger partial charge is 0.246 e. The molecule has 1 aromatic rings. The lowest BCUT2D eigenvalue weighted by Crippen LogP contribution is -2.19. The molecule has 0 amide bonds. The van der Waals surface area contributed by atoms with Crippen molar-refractivity contribution >= 4 is 0 Å². The molecule has 0 heterocycles. The second-order valence-electron chi connectivity index (χ2n) is 3.05. The average Bonchev–Trinajstić information content (AvgIpc) is 2.18. The Balaban J connectivity index is 3.19. The molecule has 1 rings (SSSR count). The number of hydrogen-bond acceptors (Lipinski definition) is 4. The third kappa shape index (κ3) is 2.10.